The van der Waals surface area contributed by atoms with Crippen molar-refractivity contribution in [3.05, 3.63) is 119 Å². The van der Waals surface area contributed by atoms with E-state index in [1.165, 1.54) is 12.3 Å². The molecule has 2 heterocycles. The van der Waals surface area contributed by atoms with E-state index in [0.717, 1.165) is 28.8 Å². The summed E-state index contributed by atoms with van der Waals surface area (Å²) in [5.74, 6) is 1.30. The minimum Gasteiger partial charge on any atom is -0.464 e. The molecular formula is C30H23F3N2O2. The SMILES string of the molecule is Cc1cc(CNc2cccc(-c3c(C(=O)c4ccccc4)cnc4c(C(F)(F)F)cccc34)c2)oc1C. The lowest BCUT2D eigenvalue weighted by molar-refractivity contribution is -0.136. The molecule has 2 aromatic heterocycles. The lowest BCUT2D eigenvalue weighted by atomic mass is 9.91. The normalized spacial score (nSPS) is 11.6. The number of nitrogens with one attached hydrogen (secondary N) is 1. The molecule has 0 bridgehead atoms. The first-order chi connectivity index (χ1) is 17.7. The molecule has 0 spiro atoms. The number of hydrogen-bond donors (Lipinski definition) is 1. The third-order valence-corrected chi connectivity index (χ3v) is 6.32. The summed E-state index contributed by atoms with van der Waals surface area (Å²) in [6.45, 7) is 4.30. The molecule has 5 rings (SSSR count). The average Bonchev–Trinajstić information content (AvgIpc) is 3.22. The van der Waals surface area contributed by atoms with E-state index < -0.39 is 11.7 Å². The Morgan fingerprint density at radius 2 is 1.70 bits per heavy atom. The number of hydrogen-bond acceptors (Lipinski definition) is 4. The number of carbonyl (C=O) groups is 1. The topological polar surface area (TPSA) is 55.1 Å². The highest BCUT2D eigenvalue weighted by Crippen LogP contribution is 2.39. The molecule has 0 amide bonds. The van der Waals surface area contributed by atoms with Crippen molar-refractivity contribution in [2.24, 2.45) is 0 Å². The van der Waals surface area contributed by atoms with Gasteiger partial charge in [0.15, 0.2) is 5.78 Å². The van der Waals surface area contributed by atoms with Gasteiger partial charge in [-0.3, -0.25) is 9.78 Å². The van der Waals surface area contributed by atoms with Crippen LogP contribution in [0.5, 0.6) is 0 Å². The van der Waals surface area contributed by atoms with Gasteiger partial charge < -0.3 is 9.73 Å². The van der Waals surface area contributed by atoms with E-state index >= 15 is 0 Å². The number of fused-ring (bicyclic) bond motifs is 1. The molecule has 0 aliphatic heterocycles. The minimum absolute atomic E-state index is 0.200. The highest BCUT2D eigenvalue weighted by Gasteiger charge is 2.34. The lowest BCUT2D eigenvalue weighted by Gasteiger charge is -2.16. The number of alkyl halides is 3. The molecule has 4 nitrogen and oxygen atoms in total. The van der Waals surface area contributed by atoms with Crippen LogP contribution in [0.25, 0.3) is 22.0 Å². The van der Waals surface area contributed by atoms with Crippen molar-refractivity contribution in [1.82, 2.24) is 4.98 Å². The van der Waals surface area contributed by atoms with Crippen LogP contribution in [0, 0.1) is 13.8 Å². The number of nitrogens with zero attached hydrogens (tertiary/aromatic N) is 1. The summed E-state index contributed by atoms with van der Waals surface area (Å²) >= 11 is 0. The monoisotopic (exact) mass is 500 g/mol. The van der Waals surface area contributed by atoms with Gasteiger partial charge in [-0.05, 0) is 49.2 Å². The van der Waals surface area contributed by atoms with E-state index in [1.807, 2.05) is 32.0 Å². The van der Waals surface area contributed by atoms with Crippen LogP contribution in [0.4, 0.5) is 18.9 Å². The first-order valence-corrected chi connectivity index (χ1v) is 11.7. The Labute approximate surface area is 211 Å². The van der Waals surface area contributed by atoms with Crippen LogP contribution in [0.1, 0.15) is 38.6 Å². The number of rotatable bonds is 6. The molecule has 186 valence electrons. The Bertz CT molecular complexity index is 1590. The second kappa shape index (κ2) is 9.58. The summed E-state index contributed by atoms with van der Waals surface area (Å²) in [4.78, 5) is 17.6. The molecule has 0 unspecified atom stereocenters. The maximum Gasteiger partial charge on any atom is 0.418 e. The molecular weight excluding hydrogens is 477 g/mol. The number of pyridine rings is 1. The Balaban J connectivity index is 1.65. The van der Waals surface area contributed by atoms with Gasteiger partial charge in [-0.15, -0.1) is 0 Å². The lowest BCUT2D eigenvalue weighted by Crippen LogP contribution is -2.09. The maximum atomic E-state index is 13.8. The van der Waals surface area contributed by atoms with Gasteiger partial charge in [0.25, 0.3) is 0 Å². The smallest absolute Gasteiger partial charge is 0.418 e. The number of aromatic nitrogens is 1. The largest absolute Gasteiger partial charge is 0.464 e. The molecule has 0 saturated carbocycles. The van der Waals surface area contributed by atoms with Crippen LogP contribution in [-0.2, 0) is 12.7 Å². The molecule has 3 aromatic carbocycles. The van der Waals surface area contributed by atoms with Gasteiger partial charge in [-0.25, -0.2) is 0 Å². The van der Waals surface area contributed by atoms with Gasteiger partial charge in [0.1, 0.15) is 11.5 Å². The third kappa shape index (κ3) is 4.85. The van der Waals surface area contributed by atoms with Gasteiger partial charge in [-0.2, -0.15) is 13.2 Å². The number of anilines is 1. The van der Waals surface area contributed by atoms with E-state index in [0.29, 0.717) is 23.2 Å². The molecule has 1 N–H and O–H groups in total. The van der Waals surface area contributed by atoms with E-state index in [-0.39, 0.29) is 22.2 Å². The summed E-state index contributed by atoms with van der Waals surface area (Å²) in [6, 6.07) is 21.8. The fourth-order valence-electron chi connectivity index (χ4n) is 4.39. The number of ketones is 1. The summed E-state index contributed by atoms with van der Waals surface area (Å²) in [6.07, 6.45) is -3.34. The molecule has 0 saturated heterocycles. The van der Waals surface area contributed by atoms with Crippen molar-refractivity contribution in [2.75, 3.05) is 5.32 Å². The van der Waals surface area contributed by atoms with Crippen LogP contribution in [-0.4, -0.2) is 10.8 Å². The summed E-state index contributed by atoms with van der Waals surface area (Å²) < 4.78 is 47.1. The average molecular weight is 501 g/mol. The Kier molecular flexibility index (Phi) is 6.29. The van der Waals surface area contributed by atoms with E-state index in [4.69, 9.17) is 4.42 Å². The van der Waals surface area contributed by atoms with Gasteiger partial charge in [0.2, 0.25) is 0 Å². The summed E-state index contributed by atoms with van der Waals surface area (Å²) in [5, 5.41) is 3.56. The minimum atomic E-state index is -4.59. The number of para-hydroxylation sites is 1. The quantitative estimate of drug-likeness (QED) is 0.240. The van der Waals surface area contributed by atoms with Crippen LogP contribution >= 0.6 is 0 Å². The number of carbonyl (C=O) groups excluding carboxylic acids is 1. The molecule has 0 radical (unpaired) electrons. The van der Waals surface area contributed by atoms with Crippen molar-refractivity contribution < 1.29 is 22.4 Å². The number of halogens is 3. The molecule has 0 fully saturated rings. The van der Waals surface area contributed by atoms with Crippen molar-refractivity contribution >= 4 is 22.4 Å². The van der Waals surface area contributed by atoms with Crippen molar-refractivity contribution in [1.29, 1.82) is 0 Å². The van der Waals surface area contributed by atoms with Crippen molar-refractivity contribution in [3.8, 4) is 11.1 Å². The van der Waals surface area contributed by atoms with Crippen molar-refractivity contribution in [3.63, 3.8) is 0 Å². The van der Waals surface area contributed by atoms with Gasteiger partial charge in [0, 0.05) is 34.0 Å². The first kappa shape index (κ1) is 24.3. The summed E-state index contributed by atoms with van der Waals surface area (Å²) in [5.41, 5.74) is 2.40. The predicted molar refractivity (Wildman–Crippen MR) is 138 cm³/mol. The second-order valence-electron chi connectivity index (χ2n) is 8.83. The van der Waals surface area contributed by atoms with E-state index in [9.17, 15) is 18.0 Å². The number of aryl methyl sites for hydroxylation is 2. The van der Waals surface area contributed by atoms with Crippen LogP contribution in [0.2, 0.25) is 0 Å². The molecule has 7 heteroatoms. The Morgan fingerprint density at radius 3 is 2.41 bits per heavy atom. The summed E-state index contributed by atoms with van der Waals surface area (Å²) in [7, 11) is 0. The highest BCUT2D eigenvalue weighted by atomic mass is 19.4. The molecule has 0 aliphatic rings. The predicted octanol–water partition coefficient (Wildman–Crippen LogP) is 7.97. The number of furan rings is 1. The Hall–Kier alpha value is -4.39. The van der Waals surface area contributed by atoms with E-state index in [2.05, 4.69) is 10.3 Å². The Morgan fingerprint density at radius 1 is 0.946 bits per heavy atom. The van der Waals surface area contributed by atoms with E-state index in [1.54, 1.807) is 48.5 Å². The zero-order chi connectivity index (χ0) is 26.2. The van der Waals surface area contributed by atoms with Crippen LogP contribution < -0.4 is 5.32 Å². The first-order valence-electron chi connectivity index (χ1n) is 11.7. The zero-order valence-corrected chi connectivity index (χ0v) is 20.2. The van der Waals surface area contributed by atoms with Gasteiger partial charge in [0.05, 0.1) is 17.6 Å². The van der Waals surface area contributed by atoms with Gasteiger partial charge >= 0.3 is 6.18 Å². The fraction of sp³-hybridized carbons (Fsp3) is 0.133. The molecule has 0 aliphatic carbocycles. The van der Waals surface area contributed by atoms with Gasteiger partial charge in [-0.1, -0.05) is 54.6 Å². The highest BCUT2D eigenvalue weighted by molar-refractivity contribution is 6.16. The van der Waals surface area contributed by atoms with Crippen LogP contribution in [0.15, 0.2) is 89.5 Å². The number of benzene rings is 3. The molecule has 0 atom stereocenters. The van der Waals surface area contributed by atoms with Crippen LogP contribution in [0.3, 0.4) is 0 Å². The molecule has 5 aromatic rings. The molecule has 37 heavy (non-hydrogen) atoms. The standard InChI is InChI=1S/C30H23F3N2O2/c1-18-14-23(37-19(18)2)16-34-22-11-6-10-21(15-22)27-24-12-7-13-26(30(31,32)33)28(24)35-17-25(27)29(36)20-8-4-3-5-9-20/h3-15,17,34H,16H2,1-2H3. The zero-order valence-electron chi connectivity index (χ0n) is 20.2. The maximum absolute atomic E-state index is 13.8. The fourth-order valence-corrected chi connectivity index (χ4v) is 4.39. The third-order valence-electron chi connectivity index (χ3n) is 6.32. The second-order valence-corrected chi connectivity index (χ2v) is 8.83. The van der Waals surface area contributed by atoms with Crippen molar-refractivity contribution in [2.45, 2.75) is 26.6 Å².